The largest absolute Gasteiger partial charge is 0.490 e. The Hall–Kier alpha value is -1.16. The number of benzene rings is 1. The van der Waals surface area contributed by atoms with E-state index in [1.165, 1.54) is 0 Å². The van der Waals surface area contributed by atoms with E-state index in [-0.39, 0.29) is 0 Å². The molecule has 0 bridgehead atoms. The third kappa shape index (κ3) is 3.42. The quantitative estimate of drug-likeness (QED) is 0.606. The minimum atomic E-state index is 0.605. The fourth-order valence-corrected chi connectivity index (χ4v) is 2.24. The summed E-state index contributed by atoms with van der Waals surface area (Å²) >= 11 is 0. The molecule has 0 saturated heterocycles. The zero-order valence-corrected chi connectivity index (χ0v) is 12.5. The molecule has 0 amide bonds. The van der Waals surface area contributed by atoms with Crippen LogP contribution in [0.5, 0.6) is 11.5 Å². The maximum Gasteiger partial charge on any atom is 0.166 e. The van der Waals surface area contributed by atoms with Gasteiger partial charge in [0.05, 0.1) is 23.5 Å². The zero-order valence-electron chi connectivity index (χ0n) is 11.5. The van der Waals surface area contributed by atoms with Crippen LogP contribution in [0, 0.1) is 0 Å². The van der Waals surface area contributed by atoms with Crippen LogP contribution >= 0.6 is 0 Å². The second kappa shape index (κ2) is 7.31. The molecule has 0 aliphatic rings. The Balaban J connectivity index is 3.23. The van der Waals surface area contributed by atoms with Crippen LogP contribution in [0.1, 0.15) is 39.2 Å². The van der Waals surface area contributed by atoms with Crippen molar-refractivity contribution in [1.82, 2.24) is 0 Å². The number of anilines is 1. The van der Waals surface area contributed by atoms with Crippen LogP contribution < -0.4 is 20.4 Å². The molecular weight excluding hydrogens is 242 g/mol. The summed E-state index contributed by atoms with van der Waals surface area (Å²) in [6.45, 7) is 7.31. The second-order valence-electron chi connectivity index (χ2n) is 4.12. The minimum Gasteiger partial charge on any atom is -0.490 e. The van der Waals surface area contributed by atoms with Crippen molar-refractivity contribution in [3.8, 4) is 11.5 Å². The molecule has 0 saturated carbocycles. The highest BCUT2D eigenvalue weighted by atomic mass is 28.1. The van der Waals surface area contributed by atoms with Gasteiger partial charge in [-0.3, -0.25) is 0 Å². The molecule has 0 aliphatic heterocycles. The molecule has 0 heterocycles. The van der Waals surface area contributed by atoms with E-state index < -0.39 is 0 Å². The Morgan fingerprint density at radius 1 is 1.11 bits per heavy atom. The predicted molar refractivity (Wildman–Crippen MR) is 77.2 cm³/mol. The van der Waals surface area contributed by atoms with Crippen molar-refractivity contribution in [2.24, 2.45) is 0 Å². The summed E-state index contributed by atoms with van der Waals surface area (Å²) in [5.41, 5.74) is 7.92. The predicted octanol–water partition coefficient (Wildman–Crippen LogP) is 2.20. The fraction of sp³-hybridized carbons (Fsp3) is 0.571. The molecule has 0 unspecified atom stereocenters. The monoisotopic (exact) mass is 264 g/mol. The lowest BCUT2D eigenvalue weighted by Gasteiger charge is -2.19. The normalized spacial score (nSPS) is 10.4. The molecule has 0 aromatic heterocycles. The molecule has 1 aromatic carbocycles. The van der Waals surface area contributed by atoms with Crippen LogP contribution in [0.2, 0.25) is 0 Å². The van der Waals surface area contributed by atoms with E-state index in [9.17, 15) is 0 Å². The van der Waals surface area contributed by atoms with E-state index in [2.05, 4.69) is 17.2 Å². The molecule has 3 radical (unpaired) electrons. The highest BCUT2D eigenvalue weighted by Gasteiger charge is 2.16. The molecule has 0 aliphatic carbocycles. The van der Waals surface area contributed by atoms with Gasteiger partial charge in [0.1, 0.15) is 0 Å². The van der Waals surface area contributed by atoms with Gasteiger partial charge in [0, 0.05) is 11.3 Å². The number of nitrogen functional groups attached to an aromatic ring is 1. The molecule has 0 fully saturated rings. The summed E-state index contributed by atoms with van der Waals surface area (Å²) in [6, 6.07) is 1.90. The highest BCUT2D eigenvalue weighted by molar-refractivity contribution is 6.35. The van der Waals surface area contributed by atoms with Gasteiger partial charge < -0.3 is 15.2 Å². The van der Waals surface area contributed by atoms with Gasteiger partial charge in [-0.25, -0.2) is 0 Å². The average molecular weight is 264 g/mol. The standard InChI is InChI=1S/C14H22NO2Si/c1-4-7-8-10-11(15)9-12(18)14(17-6-3)13(10)16-5-2/h9H,4-8,15H2,1-3H3. The summed E-state index contributed by atoms with van der Waals surface area (Å²) in [5, 5.41) is 0.845. The van der Waals surface area contributed by atoms with E-state index in [0.29, 0.717) is 13.2 Å². The maximum absolute atomic E-state index is 6.09. The first kappa shape index (κ1) is 14.9. The number of ether oxygens (including phenoxy) is 2. The number of hydrogen-bond acceptors (Lipinski definition) is 3. The molecule has 1 rings (SSSR count). The number of unbranched alkanes of at least 4 members (excludes halogenated alkanes) is 1. The van der Waals surface area contributed by atoms with E-state index in [1.54, 1.807) is 0 Å². The van der Waals surface area contributed by atoms with Gasteiger partial charge in [-0.05, 0) is 37.9 Å². The van der Waals surface area contributed by atoms with Crippen molar-refractivity contribution in [2.75, 3.05) is 18.9 Å². The van der Waals surface area contributed by atoms with E-state index in [1.807, 2.05) is 19.9 Å². The van der Waals surface area contributed by atoms with Gasteiger partial charge in [-0.2, -0.15) is 0 Å². The lowest BCUT2D eigenvalue weighted by atomic mass is 10.0. The van der Waals surface area contributed by atoms with Gasteiger partial charge >= 0.3 is 0 Å². The minimum absolute atomic E-state index is 0.605. The topological polar surface area (TPSA) is 44.5 Å². The molecular formula is C14H22NO2Si. The van der Waals surface area contributed by atoms with Gasteiger partial charge in [-0.15, -0.1) is 0 Å². The summed E-state index contributed by atoms with van der Waals surface area (Å²) in [4.78, 5) is 0. The first-order valence-corrected chi connectivity index (χ1v) is 7.08. The van der Waals surface area contributed by atoms with Gasteiger partial charge in [0.15, 0.2) is 11.5 Å². The second-order valence-corrected chi connectivity index (χ2v) is 4.66. The zero-order chi connectivity index (χ0) is 13.5. The van der Waals surface area contributed by atoms with Crippen molar-refractivity contribution in [3.05, 3.63) is 11.6 Å². The molecule has 0 spiro atoms. The van der Waals surface area contributed by atoms with Crippen molar-refractivity contribution < 1.29 is 9.47 Å². The molecule has 18 heavy (non-hydrogen) atoms. The van der Waals surface area contributed by atoms with Crippen LogP contribution in [0.25, 0.3) is 0 Å². The number of nitrogens with two attached hydrogens (primary N) is 1. The van der Waals surface area contributed by atoms with E-state index >= 15 is 0 Å². The van der Waals surface area contributed by atoms with E-state index in [0.717, 1.165) is 47.2 Å². The summed E-state index contributed by atoms with van der Waals surface area (Å²) in [5.74, 6) is 1.55. The lowest BCUT2D eigenvalue weighted by molar-refractivity contribution is 0.287. The molecule has 99 valence electrons. The van der Waals surface area contributed by atoms with Gasteiger partial charge in [0.2, 0.25) is 0 Å². The highest BCUT2D eigenvalue weighted by Crippen LogP contribution is 2.34. The fourth-order valence-electron chi connectivity index (χ4n) is 1.89. The van der Waals surface area contributed by atoms with Crippen LogP contribution in [-0.2, 0) is 6.42 Å². The molecule has 2 N–H and O–H groups in total. The maximum atomic E-state index is 6.09. The Labute approximate surface area is 113 Å². The Morgan fingerprint density at radius 3 is 2.28 bits per heavy atom. The Bertz CT molecular complexity index is 394. The Kier molecular flexibility index (Phi) is 6.05. The Morgan fingerprint density at radius 2 is 1.72 bits per heavy atom. The summed E-state index contributed by atoms with van der Waals surface area (Å²) in [7, 11) is 3.54. The van der Waals surface area contributed by atoms with Crippen molar-refractivity contribution >= 4 is 21.1 Å². The van der Waals surface area contributed by atoms with Gasteiger partial charge in [0.25, 0.3) is 0 Å². The summed E-state index contributed by atoms with van der Waals surface area (Å²) < 4.78 is 11.4. The molecule has 4 heteroatoms. The molecule has 0 atom stereocenters. The van der Waals surface area contributed by atoms with Crippen molar-refractivity contribution in [3.63, 3.8) is 0 Å². The van der Waals surface area contributed by atoms with Crippen molar-refractivity contribution in [1.29, 1.82) is 0 Å². The van der Waals surface area contributed by atoms with Crippen LogP contribution in [0.15, 0.2) is 6.07 Å². The van der Waals surface area contributed by atoms with Crippen LogP contribution in [0.3, 0.4) is 0 Å². The first-order chi connectivity index (χ1) is 8.65. The van der Waals surface area contributed by atoms with E-state index in [4.69, 9.17) is 15.2 Å². The van der Waals surface area contributed by atoms with Gasteiger partial charge in [-0.1, -0.05) is 13.3 Å². The smallest absolute Gasteiger partial charge is 0.166 e. The van der Waals surface area contributed by atoms with Crippen LogP contribution in [0.4, 0.5) is 5.69 Å². The van der Waals surface area contributed by atoms with Crippen molar-refractivity contribution in [2.45, 2.75) is 40.0 Å². The number of rotatable bonds is 7. The number of hydrogen-bond donors (Lipinski definition) is 1. The van der Waals surface area contributed by atoms with Crippen LogP contribution in [-0.4, -0.2) is 23.5 Å². The summed E-state index contributed by atoms with van der Waals surface area (Å²) in [6.07, 6.45) is 3.14. The lowest BCUT2D eigenvalue weighted by Crippen LogP contribution is -2.15. The third-order valence-corrected chi connectivity index (χ3v) is 3.10. The molecule has 1 aromatic rings. The first-order valence-electron chi connectivity index (χ1n) is 6.58. The third-order valence-electron chi connectivity index (χ3n) is 2.73. The average Bonchev–Trinajstić information content (AvgIpc) is 2.33. The SMILES string of the molecule is CCCCc1c(N)cc([Si])c(OCC)c1OCC. The molecule has 3 nitrogen and oxygen atoms in total.